The summed E-state index contributed by atoms with van der Waals surface area (Å²) < 4.78 is 0. The average molecular weight is 294 g/mol. The van der Waals surface area contributed by atoms with Gasteiger partial charge in [-0.15, -0.1) is 0 Å². The smallest absolute Gasteiger partial charge is 0.221 e. The predicted octanol–water partition coefficient (Wildman–Crippen LogP) is 3.03. The van der Waals surface area contributed by atoms with Crippen molar-refractivity contribution in [3.8, 4) is 0 Å². The quantitative estimate of drug-likeness (QED) is 0.766. The maximum Gasteiger partial charge on any atom is 0.221 e. The van der Waals surface area contributed by atoms with Crippen molar-refractivity contribution < 1.29 is 9.59 Å². The molecule has 0 radical (unpaired) electrons. The second kappa shape index (κ2) is 8.20. The monoisotopic (exact) mass is 294 g/mol. The summed E-state index contributed by atoms with van der Waals surface area (Å²) in [6.45, 7) is 8.71. The number of nitrogens with zero attached hydrogens (tertiary/aromatic N) is 1. The molecule has 0 spiro atoms. The highest BCUT2D eigenvalue weighted by molar-refractivity contribution is 5.78. The Bertz CT molecular complexity index is 394. The summed E-state index contributed by atoms with van der Waals surface area (Å²) in [5.74, 6) is 0.0459. The Hall–Kier alpha value is -1.32. The summed E-state index contributed by atoms with van der Waals surface area (Å²) in [6, 6.07) is 0. The largest absolute Gasteiger partial charge is 0.356 e. The molecule has 21 heavy (non-hydrogen) atoms. The Morgan fingerprint density at radius 2 is 2.00 bits per heavy atom. The fraction of sp³-hybridized carbons (Fsp3) is 0.765. The molecule has 4 heteroatoms. The molecular formula is C17H30N2O2. The molecule has 0 aromatic heterocycles. The van der Waals surface area contributed by atoms with E-state index in [1.54, 1.807) is 11.8 Å². The Morgan fingerprint density at radius 3 is 2.52 bits per heavy atom. The normalized spacial score (nSPS) is 15.3. The third-order valence-corrected chi connectivity index (χ3v) is 3.91. The number of hydrogen-bond acceptors (Lipinski definition) is 2. The molecule has 0 aromatic rings. The first kappa shape index (κ1) is 17.7. The summed E-state index contributed by atoms with van der Waals surface area (Å²) >= 11 is 0. The fourth-order valence-corrected chi connectivity index (χ4v) is 2.76. The van der Waals surface area contributed by atoms with E-state index >= 15 is 0 Å². The van der Waals surface area contributed by atoms with E-state index in [2.05, 4.69) is 11.4 Å². The number of allylic oxidation sites excluding steroid dienone is 1. The topological polar surface area (TPSA) is 49.4 Å². The van der Waals surface area contributed by atoms with E-state index < -0.39 is 0 Å². The van der Waals surface area contributed by atoms with Crippen LogP contribution in [0, 0.1) is 0 Å². The van der Waals surface area contributed by atoms with E-state index in [0.717, 1.165) is 6.42 Å². The van der Waals surface area contributed by atoms with Gasteiger partial charge >= 0.3 is 0 Å². The molecule has 0 unspecified atom stereocenters. The zero-order valence-electron chi connectivity index (χ0n) is 14.0. The summed E-state index contributed by atoms with van der Waals surface area (Å²) in [4.78, 5) is 25.2. The summed E-state index contributed by atoms with van der Waals surface area (Å²) in [5, 5.41) is 2.96. The lowest BCUT2D eigenvalue weighted by Gasteiger charge is -2.34. The molecule has 0 aromatic carbocycles. The molecule has 120 valence electrons. The van der Waals surface area contributed by atoms with E-state index in [1.807, 2.05) is 20.8 Å². The number of hydrogen-bond donors (Lipinski definition) is 1. The van der Waals surface area contributed by atoms with Gasteiger partial charge in [-0.2, -0.15) is 0 Å². The Balaban J connectivity index is 2.26. The van der Waals surface area contributed by atoms with Crippen molar-refractivity contribution in [3.05, 3.63) is 11.6 Å². The van der Waals surface area contributed by atoms with Crippen LogP contribution in [-0.2, 0) is 9.59 Å². The number of carbonyl (C=O) groups is 2. The molecule has 0 fully saturated rings. The molecule has 0 atom stereocenters. The van der Waals surface area contributed by atoms with Gasteiger partial charge in [-0.05, 0) is 52.9 Å². The van der Waals surface area contributed by atoms with E-state index in [9.17, 15) is 9.59 Å². The van der Waals surface area contributed by atoms with Crippen molar-refractivity contribution in [2.45, 2.75) is 71.8 Å². The van der Waals surface area contributed by atoms with Gasteiger partial charge in [0.15, 0.2) is 0 Å². The Labute approximate surface area is 129 Å². The minimum absolute atomic E-state index is 0.0164. The third-order valence-electron chi connectivity index (χ3n) is 3.91. The van der Waals surface area contributed by atoms with E-state index in [1.165, 1.54) is 31.3 Å². The van der Waals surface area contributed by atoms with Gasteiger partial charge in [0.05, 0.1) is 0 Å². The van der Waals surface area contributed by atoms with Crippen LogP contribution in [0.25, 0.3) is 0 Å². The lowest BCUT2D eigenvalue weighted by Crippen LogP contribution is -2.46. The summed E-state index contributed by atoms with van der Waals surface area (Å²) in [6.07, 6.45) is 8.58. The highest BCUT2D eigenvalue weighted by Gasteiger charge is 2.23. The van der Waals surface area contributed by atoms with Crippen LogP contribution < -0.4 is 5.32 Å². The van der Waals surface area contributed by atoms with Crippen LogP contribution in [0.3, 0.4) is 0 Å². The van der Waals surface area contributed by atoms with Gasteiger partial charge < -0.3 is 10.2 Å². The highest BCUT2D eigenvalue weighted by atomic mass is 16.2. The molecule has 1 aliphatic carbocycles. The number of nitrogens with one attached hydrogen (secondary N) is 1. The van der Waals surface area contributed by atoms with Gasteiger partial charge in [0, 0.05) is 32.0 Å². The van der Waals surface area contributed by atoms with Crippen molar-refractivity contribution >= 4 is 11.8 Å². The van der Waals surface area contributed by atoms with Gasteiger partial charge in [0.2, 0.25) is 11.8 Å². The van der Waals surface area contributed by atoms with E-state index in [4.69, 9.17) is 0 Å². The van der Waals surface area contributed by atoms with Gasteiger partial charge in [0.1, 0.15) is 0 Å². The van der Waals surface area contributed by atoms with Crippen molar-refractivity contribution in [2.24, 2.45) is 0 Å². The molecule has 4 nitrogen and oxygen atoms in total. The van der Waals surface area contributed by atoms with Crippen molar-refractivity contribution in [1.82, 2.24) is 10.2 Å². The maximum atomic E-state index is 11.9. The minimum atomic E-state index is -0.237. The molecule has 0 bridgehead atoms. The van der Waals surface area contributed by atoms with Gasteiger partial charge in [-0.25, -0.2) is 0 Å². The number of carbonyl (C=O) groups excluding carboxylic acids is 2. The number of rotatable bonds is 6. The van der Waals surface area contributed by atoms with Gasteiger partial charge in [0.25, 0.3) is 0 Å². The first-order chi connectivity index (χ1) is 9.80. The third kappa shape index (κ3) is 6.78. The van der Waals surface area contributed by atoms with E-state index in [0.29, 0.717) is 19.5 Å². The van der Waals surface area contributed by atoms with Gasteiger partial charge in [-0.3, -0.25) is 9.59 Å². The lowest BCUT2D eigenvalue weighted by molar-refractivity contribution is -0.134. The second-order valence-electron chi connectivity index (χ2n) is 6.80. The lowest BCUT2D eigenvalue weighted by atomic mass is 9.97. The van der Waals surface area contributed by atoms with Crippen molar-refractivity contribution in [3.63, 3.8) is 0 Å². The molecular weight excluding hydrogens is 264 g/mol. The van der Waals surface area contributed by atoms with E-state index in [-0.39, 0.29) is 17.4 Å². The highest BCUT2D eigenvalue weighted by Crippen LogP contribution is 2.19. The molecule has 0 aliphatic heterocycles. The van der Waals surface area contributed by atoms with Crippen molar-refractivity contribution in [2.75, 3.05) is 13.1 Å². The SMILES string of the molecule is CC(=O)N(CCC(=O)NCCC1=CCCCC1)C(C)(C)C. The second-order valence-corrected chi connectivity index (χ2v) is 6.80. The maximum absolute atomic E-state index is 11.9. The standard InChI is InChI=1S/C17H30N2O2/c1-14(20)19(17(2,3)4)13-11-16(21)18-12-10-15-8-6-5-7-9-15/h8H,5-7,9-13H2,1-4H3,(H,18,21). The predicted molar refractivity (Wildman–Crippen MR) is 85.9 cm³/mol. The van der Waals surface area contributed by atoms with Crippen LogP contribution >= 0.6 is 0 Å². The van der Waals surface area contributed by atoms with Crippen molar-refractivity contribution in [1.29, 1.82) is 0 Å². The molecule has 1 aliphatic rings. The first-order valence-corrected chi connectivity index (χ1v) is 8.03. The molecule has 0 saturated heterocycles. The zero-order valence-corrected chi connectivity index (χ0v) is 14.0. The van der Waals surface area contributed by atoms with Crippen LogP contribution in [-0.4, -0.2) is 35.3 Å². The van der Waals surface area contributed by atoms with Gasteiger partial charge in [-0.1, -0.05) is 11.6 Å². The zero-order chi connectivity index (χ0) is 15.9. The summed E-state index contributed by atoms with van der Waals surface area (Å²) in [5.41, 5.74) is 1.24. The molecule has 1 rings (SSSR count). The van der Waals surface area contributed by atoms with Crippen LogP contribution in [0.5, 0.6) is 0 Å². The number of amides is 2. The van der Waals surface area contributed by atoms with Crippen LogP contribution in [0.2, 0.25) is 0 Å². The molecule has 1 N–H and O–H groups in total. The average Bonchev–Trinajstić information content (AvgIpc) is 2.38. The Kier molecular flexibility index (Phi) is 6.93. The molecule has 2 amide bonds. The summed E-state index contributed by atoms with van der Waals surface area (Å²) in [7, 11) is 0. The fourth-order valence-electron chi connectivity index (χ4n) is 2.76. The van der Waals surface area contributed by atoms with Crippen LogP contribution in [0.15, 0.2) is 11.6 Å². The molecule has 0 saturated carbocycles. The first-order valence-electron chi connectivity index (χ1n) is 8.03. The van der Waals surface area contributed by atoms with Crippen LogP contribution in [0.1, 0.15) is 66.2 Å². The minimum Gasteiger partial charge on any atom is -0.356 e. The Morgan fingerprint density at radius 1 is 1.29 bits per heavy atom. The molecule has 0 heterocycles. The van der Waals surface area contributed by atoms with Crippen LogP contribution in [0.4, 0.5) is 0 Å².